The minimum atomic E-state index is -0.464. The van der Waals surface area contributed by atoms with E-state index in [-0.39, 0.29) is 11.9 Å². The lowest BCUT2D eigenvalue weighted by Gasteiger charge is -2.40. The SMILES string of the molecule is Cc1nc(N2C(C)CC[CH]C2C(N)=O)c2c(cnc3[nH]ccc32)n1. The summed E-state index contributed by atoms with van der Waals surface area (Å²) in [5, 5.41) is 1.85. The molecule has 0 aliphatic carbocycles. The van der Waals surface area contributed by atoms with Crippen LogP contribution in [0.2, 0.25) is 0 Å². The molecule has 0 saturated carbocycles. The van der Waals surface area contributed by atoms with E-state index in [0.29, 0.717) is 5.82 Å². The predicted molar refractivity (Wildman–Crippen MR) is 92.4 cm³/mol. The summed E-state index contributed by atoms with van der Waals surface area (Å²) in [6, 6.07) is 1.66. The zero-order chi connectivity index (χ0) is 16.8. The molecule has 3 aromatic rings. The first-order chi connectivity index (χ1) is 11.6. The molecule has 3 N–H and O–H groups in total. The normalized spacial score (nSPS) is 21.5. The zero-order valence-corrected chi connectivity index (χ0v) is 13.7. The molecule has 1 saturated heterocycles. The van der Waals surface area contributed by atoms with Crippen molar-refractivity contribution >= 4 is 33.7 Å². The number of aromatic nitrogens is 4. The number of fused-ring (bicyclic) bond motifs is 3. The molecule has 1 aliphatic heterocycles. The average molecular weight is 323 g/mol. The summed E-state index contributed by atoms with van der Waals surface area (Å²) in [5.41, 5.74) is 7.21. The molecule has 4 rings (SSSR count). The first-order valence-corrected chi connectivity index (χ1v) is 8.07. The van der Waals surface area contributed by atoms with Crippen LogP contribution in [0.1, 0.15) is 25.6 Å². The smallest absolute Gasteiger partial charge is 0.240 e. The average Bonchev–Trinajstić information content (AvgIpc) is 3.02. The van der Waals surface area contributed by atoms with Crippen molar-refractivity contribution in [1.82, 2.24) is 19.9 Å². The third-order valence-electron chi connectivity index (χ3n) is 4.63. The van der Waals surface area contributed by atoms with Gasteiger partial charge in [-0.15, -0.1) is 0 Å². The number of amides is 1. The van der Waals surface area contributed by atoms with Crippen molar-refractivity contribution in [3.05, 3.63) is 30.7 Å². The highest BCUT2D eigenvalue weighted by molar-refractivity contribution is 6.09. The molecule has 123 valence electrons. The molecule has 7 heteroatoms. The Hall–Kier alpha value is -2.70. The van der Waals surface area contributed by atoms with Crippen LogP contribution in [0.3, 0.4) is 0 Å². The number of hydrogen-bond acceptors (Lipinski definition) is 5. The number of aromatic amines is 1. The number of rotatable bonds is 2. The van der Waals surface area contributed by atoms with E-state index < -0.39 is 6.04 Å². The van der Waals surface area contributed by atoms with E-state index in [1.165, 1.54) is 0 Å². The fourth-order valence-electron chi connectivity index (χ4n) is 3.53. The van der Waals surface area contributed by atoms with Crippen LogP contribution in [0.25, 0.3) is 21.9 Å². The number of nitrogens with zero attached hydrogens (tertiary/aromatic N) is 4. The highest BCUT2D eigenvalue weighted by Gasteiger charge is 2.34. The number of primary amides is 1. The Morgan fingerprint density at radius 1 is 1.42 bits per heavy atom. The Morgan fingerprint density at radius 2 is 2.25 bits per heavy atom. The van der Waals surface area contributed by atoms with Crippen LogP contribution in [0, 0.1) is 13.3 Å². The number of pyridine rings is 1. The van der Waals surface area contributed by atoms with E-state index in [1.807, 2.05) is 30.5 Å². The van der Waals surface area contributed by atoms with E-state index in [0.717, 1.165) is 40.6 Å². The van der Waals surface area contributed by atoms with Crippen LogP contribution >= 0.6 is 0 Å². The molecule has 3 aromatic heterocycles. The molecule has 2 unspecified atom stereocenters. The molecular formula is C17H19N6O. The summed E-state index contributed by atoms with van der Waals surface area (Å²) in [6.07, 6.45) is 7.38. The van der Waals surface area contributed by atoms with E-state index in [4.69, 9.17) is 5.73 Å². The number of carbonyl (C=O) groups is 1. The summed E-state index contributed by atoms with van der Waals surface area (Å²) in [5.74, 6) is 1.04. The fraction of sp³-hybridized carbons (Fsp3) is 0.353. The lowest BCUT2D eigenvalue weighted by Crippen LogP contribution is -2.52. The second-order valence-corrected chi connectivity index (χ2v) is 6.27. The Morgan fingerprint density at radius 3 is 3.04 bits per heavy atom. The van der Waals surface area contributed by atoms with E-state index >= 15 is 0 Å². The number of piperidine rings is 1. The molecule has 2 atom stereocenters. The molecule has 1 aliphatic rings. The van der Waals surface area contributed by atoms with Crippen molar-refractivity contribution in [3.63, 3.8) is 0 Å². The molecule has 0 spiro atoms. The zero-order valence-electron chi connectivity index (χ0n) is 13.7. The molecule has 0 aromatic carbocycles. The fourth-order valence-corrected chi connectivity index (χ4v) is 3.53. The van der Waals surface area contributed by atoms with E-state index in [2.05, 4.69) is 26.9 Å². The number of nitrogens with two attached hydrogens (primary N) is 1. The predicted octanol–water partition coefficient (Wildman–Crippen LogP) is 1.86. The first-order valence-electron chi connectivity index (χ1n) is 8.07. The standard InChI is InChI=1S/C17H19N6O/c1-9-4-3-5-13(15(18)24)23(9)17-14-11-6-7-19-16(11)20-8-12(14)21-10(2)22-17/h5-9,13H,3-4H2,1-2H3,(H2,18,24)(H,19,20). The number of carbonyl (C=O) groups excluding carboxylic acids is 1. The van der Waals surface area contributed by atoms with E-state index in [9.17, 15) is 4.79 Å². The summed E-state index contributed by atoms with van der Waals surface area (Å²) < 4.78 is 0. The van der Waals surface area contributed by atoms with Gasteiger partial charge in [-0.25, -0.2) is 15.0 Å². The van der Waals surface area contributed by atoms with Gasteiger partial charge in [0.05, 0.1) is 17.1 Å². The molecule has 1 fully saturated rings. The lowest BCUT2D eigenvalue weighted by molar-refractivity contribution is -0.119. The molecule has 7 nitrogen and oxygen atoms in total. The number of nitrogens with one attached hydrogen (secondary N) is 1. The van der Waals surface area contributed by atoms with Gasteiger partial charge in [0.15, 0.2) is 0 Å². The van der Waals surface area contributed by atoms with Gasteiger partial charge in [0, 0.05) is 17.6 Å². The summed E-state index contributed by atoms with van der Waals surface area (Å²) >= 11 is 0. The second-order valence-electron chi connectivity index (χ2n) is 6.27. The van der Waals surface area contributed by atoms with Gasteiger partial charge in [-0.05, 0) is 39.2 Å². The summed E-state index contributed by atoms with van der Waals surface area (Å²) in [7, 11) is 0. The van der Waals surface area contributed by atoms with Gasteiger partial charge >= 0.3 is 0 Å². The minimum Gasteiger partial charge on any atom is -0.368 e. The van der Waals surface area contributed by atoms with E-state index in [1.54, 1.807) is 6.20 Å². The highest BCUT2D eigenvalue weighted by atomic mass is 16.1. The van der Waals surface area contributed by atoms with Gasteiger partial charge in [-0.3, -0.25) is 4.79 Å². The van der Waals surface area contributed by atoms with Crippen molar-refractivity contribution in [2.75, 3.05) is 4.90 Å². The third-order valence-corrected chi connectivity index (χ3v) is 4.63. The lowest BCUT2D eigenvalue weighted by atomic mass is 9.95. The van der Waals surface area contributed by atoms with Crippen LogP contribution < -0.4 is 10.6 Å². The monoisotopic (exact) mass is 323 g/mol. The Balaban J connectivity index is 2.03. The van der Waals surface area contributed by atoms with Gasteiger partial charge in [0.25, 0.3) is 0 Å². The second kappa shape index (κ2) is 5.43. The Kier molecular flexibility index (Phi) is 3.37. The maximum atomic E-state index is 12.0. The molecule has 4 heterocycles. The number of aryl methyl sites for hydroxylation is 1. The van der Waals surface area contributed by atoms with Crippen molar-refractivity contribution in [2.24, 2.45) is 5.73 Å². The third kappa shape index (κ3) is 2.19. The van der Waals surface area contributed by atoms with Gasteiger partial charge in [0.1, 0.15) is 23.3 Å². The minimum absolute atomic E-state index is 0.159. The molecule has 1 radical (unpaired) electrons. The van der Waals surface area contributed by atoms with Gasteiger partial charge in [-0.1, -0.05) is 0 Å². The van der Waals surface area contributed by atoms with Gasteiger partial charge in [-0.2, -0.15) is 0 Å². The molecule has 0 bridgehead atoms. The van der Waals surface area contributed by atoms with Crippen LogP contribution in [0.5, 0.6) is 0 Å². The Bertz CT molecular complexity index is 933. The van der Waals surface area contributed by atoms with Crippen LogP contribution in [-0.2, 0) is 4.79 Å². The van der Waals surface area contributed by atoms with Crippen molar-refractivity contribution < 1.29 is 4.79 Å². The first kappa shape index (κ1) is 14.9. The molecule has 1 amide bonds. The van der Waals surface area contributed by atoms with Crippen LogP contribution in [0.4, 0.5) is 5.82 Å². The number of H-pyrrole nitrogens is 1. The summed E-state index contributed by atoms with van der Waals surface area (Å²) in [4.78, 5) is 30.8. The highest BCUT2D eigenvalue weighted by Crippen LogP contribution is 2.35. The largest absolute Gasteiger partial charge is 0.368 e. The topological polar surface area (TPSA) is 101 Å². The van der Waals surface area contributed by atoms with Crippen molar-refractivity contribution in [3.8, 4) is 0 Å². The number of anilines is 1. The summed E-state index contributed by atoms with van der Waals surface area (Å²) in [6.45, 7) is 3.95. The van der Waals surface area contributed by atoms with Crippen molar-refractivity contribution in [1.29, 1.82) is 0 Å². The van der Waals surface area contributed by atoms with Gasteiger partial charge < -0.3 is 15.6 Å². The maximum Gasteiger partial charge on any atom is 0.240 e. The van der Waals surface area contributed by atoms with Gasteiger partial charge in [0.2, 0.25) is 5.91 Å². The Labute approximate surface area is 139 Å². The quantitative estimate of drug-likeness (QED) is 0.749. The number of hydrogen-bond donors (Lipinski definition) is 2. The molecular weight excluding hydrogens is 304 g/mol. The molecule has 24 heavy (non-hydrogen) atoms. The maximum absolute atomic E-state index is 12.0. The van der Waals surface area contributed by atoms with Crippen LogP contribution in [0.15, 0.2) is 18.5 Å². The van der Waals surface area contributed by atoms with Crippen LogP contribution in [-0.4, -0.2) is 37.9 Å². The van der Waals surface area contributed by atoms with Crippen molar-refractivity contribution in [2.45, 2.75) is 38.8 Å².